The van der Waals surface area contributed by atoms with Crippen LogP contribution >= 0.6 is 31.9 Å². The second-order valence-corrected chi connectivity index (χ2v) is 4.85. The van der Waals surface area contributed by atoms with Gasteiger partial charge in [-0.15, -0.1) is 0 Å². The quantitative estimate of drug-likeness (QED) is 0.559. The number of rotatable bonds is 0. The summed E-state index contributed by atoms with van der Waals surface area (Å²) in [6.45, 7) is 0. The first-order chi connectivity index (χ1) is 3.21. The topological polar surface area (TPSA) is 24.7 Å². The zero-order valence-corrected chi connectivity index (χ0v) is 6.48. The molecule has 4 heteroatoms. The average molecular weight is 226 g/mol. The van der Waals surface area contributed by atoms with Gasteiger partial charge in [-0.25, -0.2) is 0 Å². The minimum absolute atomic E-state index is 0.264. The van der Waals surface area contributed by atoms with Gasteiger partial charge in [-0.2, -0.15) is 10.2 Å². The lowest BCUT2D eigenvalue weighted by atomic mass is 10.5. The van der Waals surface area contributed by atoms with Crippen molar-refractivity contribution in [2.24, 2.45) is 10.2 Å². The van der Waals surface area contributed by atoms with Crippen LogP contribution in [-0.2, 0) is 0 Å². The molecule has 0 bridgehead atoms. The molecule has 0 aromatic heterocycles. The second-order valence-electron chi connectivity index (χ2n) is 1.16. The third kappa shape index (κ3) is 1.35. The highest BCUT2D eigenvalue weighted by Crippen LogP contribution is 2.23. The highest BCUT2D eigenvalue weighted by molar-refractivity contribution is 9.26. The maximum atomic E-state index is 3.59. The van der Waals surface area contributed by atoms with E-state index in [4.69, 9.17) is 0 Å². The molecule has 0 aromatic rings. The molecule has 0 aliphatic carbocycles. The number of alkyl halides is 2. The normalized spacial score (nSPS) is 23.7. The van der Waals surface area contributed by atoms with Crippen LogP contribution in [0, 0.1) is 0 Å². The average Bonchev–Trinajstić information content (AvgIpc) is 1.84. The van der Waals surface area contributed by atoms with Crippen LogP contribution in [0.3, 0.4) is 0 Å². The van der Waals surface area contributed by atoms with Gasteiger partial charge in [-0.05, 0) is 0 Å². The summed E-state index contributed by atoms with van der Waals surface area (Å²) in [6.07, 6.45) is 3.32. The summed E-state index contributed by atoms with van der Waals surface area (Å²) in [5.74, 6) is 0. The van der Waals surface area contributed by atoms with Gasteiger partial charge >= 0.3 is 0 Å². The molecule has 0 radical (unpaired) electrons. The third-order valence-electron chi connectivity index (χ3n) is 0.526. The SMILES string of the molecule is BrC1(Br)C=NN=C1. The lowest BCUT2D eigenvalue weighted by molar-refractivity contribution is 1.29. The molecule has 38 valence electrons. The molecule has 0 N–H and O–H groups in total. The van der Waals surface area contributed by atoms with E-state index < -0.39 is 0 Å². The molecule has 0 aromatic carbocycles. The van der Waals surface area contributed by atoms with Gasteiger partial charge in [0.05, 0.1) is 12.4 Å². The molecule has 2 nitrogen and oxygen atoms in total. The summed E-state index contributed by atoms with van der Waals surface area (Å²) in [4.78, 5) is 0. The van der Waals surface area contributed by atoms with Crippen molar-refractivity contribution in [3.63, 3.8) is 0 Å². The molecule has 1 aliphatic heterocycles. The van der Waals surface area contributed by atoms with Gasteiger partial charge in [0.2, 0.25) is 0 Å². The Morgan fingerprint density at radius 1 is 1.14 bits per heavy atom. The molecule has 0 unspecified atom stereocenters. The molecule has 0 atom stereocenters. The van der Waals surface area contributed by atoms with Crippen LogP contribution in [0.4, 0.5) is 0 Å². The fourth-order valence-corrected chi connectivity index (χ4v) is 0.620. The van der Waals surface area contributed by atoms with Crippen molar-refractivity contribution in [3.8, 4) is 0 Å². The Balaban J connectivity index is 2.77. The lowest BCUT2D eigenvalue weighted by Gasteiger charge is -1.97. The Morgan fingerprint density at radius 2 is 1.57 bits per heavy atom. The molecule has 0 fully saturated rings. The molecule has 1 heterocycles. The van der Waals surface area contributed by atoms with E-state index in [0.717, 1.165) is 0 Å². The van der Waals surface area contributed by atoms with Crippen LogP contribution in [0.1, 0.15) is 0 Å². The Hall–Kier alpha value is 0.300. The van der Waals surface area contributed by atoms with Crippen molar-refractivity contribution in [2.75, 3.05) is 0 Å². The molecule has 1 aliphatic rings. The Labute approximate surface area is 58.0 Å². The zero-order valence-electron chi connectivity index (χ0n) is 3.31. The third-order valence-corrected chi connectivity index (χ3v) is 1.35. The van der Waals surface area contributed by atoms with E-state index in [1.807, 2.05) is 0 Å². The van der Waals surface area contributed by atoms with Crippen molar-refractivity contribution < 1.29 is 0 Å². The van der Waals surface area contributed by atoms with E-state index >= 15 is 0 Å². The monoisotopic (exact) mass is 224 g/mol. The molecular formula is C3H2Br2N2. The van der Waals surface area contributed by atoms with E-state index in [1.54, 1.807) is 12.4 Å². The Bertz CT molecular complexity index is 113. The minimum atomic E-state index is -0.264. The summed E-state index contributed by atoms with van der Waals surface area (Å²) in [7, 11) is 0. The van der Waals surface area contributed by atoms with Crippen LogP contribution in [0.25, 0.3) is 0 Å². The largest absolute Gasteiger partial charge is 0.161 e. The van der Waals surface area contributed by atoms with Crippen LogP contribution in [-0.4, -0.2) is 15.7 Å². The first-order valence-corrected chi connectivity index (χ1v) is 3.26. The first kappa shape index (κ1) is 5.44. The van der Waals surface area contributed by atoms with Gasteiger partial charge in [0.1, 0.15) is 0 Å². The van der Waals surface area contributed by atoms with E-state index in [1.165, 1.54) is 0 Å². The number of hydrogen-bond donors (Lipinski definition) is 0. The molecule has 7 heavy (non-hydrogen) atoms. The summed E-state index contributed by atoms with van der Waals surface area (Å²) in [5.41, 5.74) is 0. The Kier molecular flexibility index (Phi) is 1.30. The molecule has 0 spiro atoms. The molecule has 0 saturated heterocycles. The van der Waals surface area contributed by atoms with E-state index in [2.05, 4.69) is 42.1 Å². The predicted molar refractivity (Wildman–Crippen MR) is 37.6 cm³/mol. The van der Waals surface area contributed by atoms with E-state index in [9.17, 15) is 0 Å². The number of nitrogens with zero attached hydrogens (tertiary/aromatic N) is 2. The van der Waals surface area contributed by atoms with Gasteiger partial charge in [0.15, 0.2) is 3.23 Å². The van der Waals surface area contributed by atoms with Gasteiger partial charge in [0.25, 0.3) is 0 Å². The summed E-state index contributed by atoms with van der Waals surface area (Å²) < 4.78 is -0.264. The van der Waals surface area contributed by atoms with Gasteiger partial charge in [-0.1, -0.05) is 31.9 Å². The fourth-order valence-electron chi connectivity index (χ4n) is 0.254. The van der Waals surface area contributed by atoms with Crippen molar-refractivity contribution in [1.29, 1.82) is 0 Å². The molecule has 1 rings (SSSR count). The van der Waals surface area contributed by atoms with Crippen LogP contribution in [0.5, 0.6) is 0 Å². The second kappa shape index (κ2) is 1.67. The maximum Gasteiger partial charge on any atom is 0.154 e. The van der Waals surface area contributed by atoms with Crippen LogP contribution in [0.15, 0.2) is 10.2 Å². The Morgan fingerprint density at radius 3 is 1.71 bits per heavy atom. The lowest BCUT2D eigenvalue weighted by Crippen LogP contribution is -2.09. The highest BCUT2D eigenvalue weighted by atomic mass is 79.9. The zero-order chi connectivity index (χ0) is 5.33. The summed E-state index contributed by atoms with van der Waals surface area (Å²) in [6, 6.07) is 0. The van der Waals surface area contributed by atoms with Crippen LogP contribution < -0.4 is 0 Å². The molecule has 0 saturated carbocycles. The van der Waals surface area contributed by atoms with E-state index in [0.29, 0.717) is 0 Å². The minimum Gasteiger partial charge on any atom is -0.161 e. The standard InChI is InChI=1S/C3H2Br2N2/c4-3(5)1-6-7-2-3/h1-2H. The predicted octanol–water partition coefficient (Wildman–Crippen LogP) is 1.54. The van der Waals surface area contributed by atoms with Gasteiger partial charge in [-0.3, -0.25) is 0 Å². The molecule has 0 amide bonds. The fraction of sp³-hybridized carbons (Fsp3) is 0.333. The van der Waals surface area contributed by atoms with Crippen molar-refractivity contribution in [3.05, 3.63) is 0 Å². The van der Waals surface area contributed by atoms with Crippen molar-refractivity contribution >= 4 is 44.3 Å². The smallest absolute Gasteiger partial charge is 0.154 e. The van der Waals surface area contributed by atoms with Gasteiger partial charge < -0.3 is 0 Å². The molecular weight excluding hydrogens is 224 g/mol. The van der Waals surface area contributed by atoms with Crippen molar-refractivity contribution in [2.45, 2.75) is 3.23 Å². The van der Waals surface area contributed by atoms with Crippen molar-refractivity contribution in [1.82, 2.24) is 0 Å². The number of halogens is 2. The summed E-state index contributed by atoms with van der Waals surface area (Å²) >= 11 is 6.52. The summed E-state index contributed by atoms with van der Waals surface area (Å²) in [5, 5.41) is 7.17. The van der Waals surface area contributed by atoms with Gasteiger partial charge in [0, 0.05) is 0 Å². The van der Waals surface area contributed by atoms with E-state index in [-0.39, 0.29) is 3.23 Å². The number of hydrogen-bond acceptors (Lipinski definition) is 2. The maximum absolute atomic E-state index is 3.59. The van der Waals surface area contributed by atoms with Crippen LogP contribution in [0.2, 0.25) is 0 Å². The highest BCUT2D eigenvalue weighted by Gasteiger charge is 2.19. The first-order valence-electron chi connectivity index (χ1n) is 1.67.